The van der Waals surface area contributed by atoms with Gasteiger partial charge < -0.3 is 10.7 Å². The van der Waals surface area contributed by atoms with Crippen molar-refractivity contribution in [2.45, 2.75) is 64.2 Å². The van der Waals surface area contributed by atoms with Gasteiger partial charge in [0.05, 0.1) is 11.1 Å². The molecule has 4 nitrogen and oxygen atoms in total. The number of amides is 1. The topological polar surface area (TPSA) is 71.8 Å². The molecule has 0 unspecified atom stereocenters. The summed E-state index contributed by atoms with van der Waals surface area (Å²) in [4.78, 5) is 19.6. The van der Waals surface area contributed by atoms with Crippen LogP contribution in [0.4, 0.5) is 0 Å². The molecule has 1 amide bonds. The minimum Gasteiger partial charge on any atom is -0.366 e. The highest BCUT2D eigenvalue weighted by molar-refractivity contribution is 6.04. The van der Waals surface area contributed by atoms with Crippen molar-refractivity contribution in [3.63, 3.8) is 0 Å². The first-order valence-electron chi connectivity index (χ1n) is 8.97. The minimum absolute atomic E-state index is 0.409. The Balaban J connectivity index is 1.68. The second-order valence-electron chi connectivity index (χ2n) is 6.90. The van der Waals surface area contributed by atoms with Crippen molar-refractivity contribution in [2.75, 3.05) is 0 Å². The normalized spacial score (nSPS) is 21.6. The predicted octanol–water partition coefficient (Wildman–Crippen LogP) is 4.52. The molecule has 0 radical (unpaired) electrons. The van der Waals surface area contributed by atoms with Gasteiger partial charge in [0.25, 0.3) is 5.91 Å². The Kier molecular flexibility index (Phi) is 4.99. The van der Waals surface area contributed by atoms with Gasteiger partial charge in [-0.3, -0.25) is 4.79 Å². The van der Waals surface area contributed by atoms with E-state index in [1.807, 2.05) is 12.1 Å². The van der Waals surface area contributed by atoms with E-state index >= 15 is 0 Å². The molecule has 1 aromatic heterocycles. The maximum atomic E-state index is 11.5. The molecule has 0 atom stereocenters. The number of carbonyl (C=O) groups excluding carboxylic acids is 1. The number of fused-ring (bicyclic) bond motifs is 1. The lowest BCUT2D eigenvalue weighted by atomic mass is 9.79. The van der Waals surface area contributed by atoms with Gasteiger partial charge in [-0.15, -0.1) is 0 Å². The third kappa shape index (κ3) is 3.57. The molecule has 0 aliphatic heterocycles. The number of unbranched alkanes of at least 4 members (excludes halogenated alkanes) is 2. The first kappa shape index (κ1) is 16.0. The zero-order valence-electron chi connectivity index (χ0n) is 14.0. The van der Waals surface area contributed by atoms with Crippen LogP contribution >= 0.6 is 0 Å². The van der Waals surface area contributed by atoms with Gasteiger partial charge in [0.15, 0.2) is 0 Å². The van der Waals surface area contributed by atoms with Crippen LogP contribution in [0, 0.1) is 5.92 Å². The molecule has 1 aliphatic rings. The Morgan fingerprint density at radius 1 is 1.26 bits per heavy atom. The molecule has 2 aromatic rings. The molecule has 1 aliphatic carbocycles. The SMILES string of the molecule is CCCCCC1CCC(c2nc3c(C(N)=O)cccc3[nH]2)CC1. The van der Waals surface area contributed by atoms with Crippen LogP contribution in [0.5, 0.6) is 0 Å². The number of carbonyl (C=O) groups is 1. The Morgan fingerprint density at radius 3 is 2.74 bits per heavy atom. The average Bonchev–Trinajstić information content (AvgIpc) is 2.99. The lowest BCUT2D eigenvalue weighted by Gasteiger charge is -2.27. The van der Waals surface area contributed by atoms with Crippen LogP contribution in [-0.4, -0.2) is 15.9 Å². The quantitative estimate of drug-likeness (QED) is 0.770. The van der Waals surface area contributed by atoms with Gasteiger partial charge in [-0.1, -0.05) is 38.7 Å². The number of nitrogens with one attached hydrogen (secondary N) is 1. The van der Waals surface area contributed by atoms with E-state index in [1.165, 1.54) is 51.4 Å². The number of rotatable bonds is 6. The number of hydrogen-bond donors (Lipinski definition) is 2. The molecular weight excluding hydrogens is 286 g/mol. The molecule has 1 saturated carbocycles. The van der Waals surface area contributed by atoms with Crippen LogP contribution in [-0.2, 0) is 0 Å². The van der Waals surface area contributed by atoms with Crippen molar-refractivity contribution in [1.29, 1.82) is 0 Å². The molecule has 3 rings (SSSR count). The number of imidazole rings is 1. The second kappa shape index (κ2) is 7.16. The number of nitrogens with zero attached hydrogens (tertiary/aromatic N) is 1. The summed E-state index contributed by atoms with van der Waals surface area (Å²) < 4.78 is 0. The van der Waals surface area contributed by atoms with Crippen molar-refractivity contribution >= 4 is 16.9 Å². The number of nitrogens with two attached hydrogens (primary N) is 1. The third-order valence-corrected chi connectivity index (χ3v) is 5.25. The van der Waals surface area contributed by atoms with E-state index in [-0.39, 0.29) is 0 Å². The molecule has 0 saturated heterocycles. The molecule has 0 spiro atoms. The zero-order chi connectivity index (χ0) is 16.2. The number of benzene rings is 1. The van der Waals surface area contributed by atoms with E-state index in [1.54, 1.807) is 6.07 Å². The number of para-hydroxylation sites is 1. The molecule has 1 fully saturated rings. The van der Waals surface area contributed by atoms with Gasteiger partial charge in [-0.2, -0.15) is 0 Å². The molecule has 23 heavy (non-hydrogen) atoms. The largest absolute Gasteiger partial charge is 0.366 e. The maximum Gasteiger partial charge on any atom is 0.250 e. The second-order valence-corrected chi connectivity index (χ2v) is 6.90. The first-order chi connectivity index (χ1) is 11.2. The van der Waals surface area contributed by atoms with E-state index in [4.69, 9.17) is 10.7 Å². The summed E-state index contributed by atoms with van der Waals surface area (Å²) in [6.45, 7) is 2.26. The Labute approximate surface area is 137 Å². The standard InChI is InChI=1S/C19H27N3O/c1-2-3-4-6-13-9-11-14(12-10-13)19-21-16-8-5-7-15(18(20)23)17(16)22-19/h5,7-8,13-14H,2-4,6,9-12H2,1H3,(H2,20,23)(H,21,22). The Bertz CT molecular complexity index is 668. The van der Waals surface area contributed by atoms with E-state index < -0.39 is 5.91 Å². The van der Waals surface area contributed by atoms with Crippen LogP contribution < -0.4 is 5.73 Å². The summed E-state index contributed by atoms with van der Waals surface area (Å²) in [7, 11) is 0. The molecule has 1 aromatic carbocycles. The Hall–Kier alpha value is -1.84. The van der Waals surface area contributed by atoms with Crippen LogP contribution in [0.15, 0.2) is 18.2 Å². The summed E-state index contributed by atoms with van der Waals surface area (Å²) in [6, 6.07) is 5.57. The zero-order valence-corrected chi connectivity index (χ0v) is 14.0. The first-order valence-corrected chi connectivity index (χ1v) is 8.97. The molecule has 3 N–H and O–H groups in total. The number of hydrogen-bond acceptors (Lipinski definition) is 2. The van der Waals surface area contributed by atoms with Crippen molar-refractivity contribution in [1.82, 2.24) is 9.97 Å². The summed E-state index contributed by atoms with van der Waals surface area (Å²) >= 11 is 0. The molecule has 1 heterocycles. The highest BCUT2D eigenvalue weighted by atomic mass is 16.1. The lowest BCUT2D eigenvalue weighted by Crippen LogP contribution is -2.14. The summed E-state index contributed by atoms with van der Waals surface area (Å²) in [5.41, 5.74) is 7.60. The lowest BCUT2D eigenvalue weighted by molar-refractivity contribution is 0.100. The van der Waals surface area contributed by atoms with E-state index in [9.17, 15) is 4.79 Å². The molecule has 4 heteroatoms. The van der Waals surface area contributed by atoms with Crippen molar-refractivity contribution in [3.05, 3.63) is 29.6 Å². The average molecular weight is 313 g/mol. The predicted molar refractivity (Wildman–Crippen MR) is 93.5 cm³/mol. The monoisotopic (exact) mass is 313 g/mol. The van der Waals surface area contributed by atoms with Crippen molar-refractivity contribution in [2.24, 2.45) is 11.7 Å². The number of primary amides is 1. The fourth-order valence-electron chi connectivity index (χ4n) is 3.85. The van der Waals surface area contributed by atoms with Gasteiger partial charge in [0.1, 0.15) is 11.3 Å². The number of H-pyrrole nitrogens is 1. The van der Waals surface area contributed by atoms with Crippen molar-refractivity contribution < 1.29 is 4.79 Å². The summed E-state index contributed by atoms with van der Waals surface area (Å²) in [5, 5.41) is 0. The van der Waals surface area contributed by atoms with Gasteiger partial charge in [0.2, 0.25) is 0 Å². The third-order valence-electron chi connectivity index (χ3n) is 5.25. The number of aromatic amines is 1. The Morgan fingerprint density at radius 2 is 2.04 bits per heavy atom. The van der Waals surface area contributed by atoms with E-state index in [2.05, 4.69) is 11.9 Å². The van der Waals surface area contributed by atoms with Crippen LogP contribution in [0.1, 0.15) is 80.4 Å². The minimum atomic E-state index is -0.409. The smallest absolute Gasteiger partial charge is 0.250 e. The maximum absolute atomic E-state index is 11.5. The highest BCUT2D eigenvalue weighted by Gasteiger charge is 2.24. The van der Waals surface area contributed by atoms with Gasteiger partial charge in [-0.25, -0.2) is 4.98 Å². The molecule has 0 bridgehead atoms. The van der Waals surface area contributed by atoms with Crippen LogP contribution in [0.3, 0.4) is 0 Å². The molecular formula is C19H27N3O. The number of aromatic nitrogens is 2. The van der Waals surface area contributed by atoms with Gasteiger partial charge in [-0.05, 0) is 43.7 Å². The fraction of sp³-hybridized carbons (Fsp3) is 0.579. The van der Waals surface area contributed by atoms with Crippen molar-refractivity contribution in [3.8, 4) is 0 Å². The van der Waals surface area contributed by atoms with Crippen LogP contribution in [0.2, 0.25) is 0 Å². The van der Waals surface area contributed by atoms with Gasteiger partial charge in [0, 0.05) is 5.92 Å². The fourth-order valence-corrected chi connectivity index (χ4v) is 3.85. The van der Waals surface area contributed by atoms with Crippen LogP contribution in [0.25, 0.3) is 11.0 Å². The molecule has 124 valence electrons. The highest BCUT2D eigenvalue weighted by Crippen LogP contribution is 2.37. The van der Waals surface area contributed by atoms with E-state index in [0.29, 0.717) is 11.5 Å². The summed E-state index contributed by atoms with van der Waals surface area (Å²) in [6.07, 6.45) is 10.4. The van der Waals surface area contributed by atoms with E-state index in [0.717, 1.165) is 22.8 Å². The van der Waals surface area contributed by atoms with Gasteiger partial charge >= 0.3 is 0 Å². The summed E-state index contributed by atoms with van der Waals surface area (Å²) in [5.74, 6) is 2.00.